The number of nitrogens with zero attached hydrogens (tertiary/aromatic N) is 2. The topological polar surface area (TPSA) is 64.7 Å². The first-order valence-corrected chi connectivity index (χ1v) is 14.0. The lowest BCUT2D eigenvalue weighted by Crippen LogP contribution is -2.58. The van der Waals surface area contributed by atoms with E-state index in [0.29, 0.717) is 5.57 Å². The van der Waals surface area contributed by atoms with E-state index < -0.39 is 0 Å². The van der Waals surface area contributed by atoms with Crippen LogP contribution in [0.1, 0.15) is 49.8 Å². The number of aryl methyl sites for hydroxylation is 1. The second-order valence-electron chi connectivity index (χ2n) is 11.7. The standard InChI is InChI=1S/C32H38N4O2/c1-20-9-7-10-23(21(20)2)24-11-8-12-26-28(24)25(30(37)33-26)19-27-22(3)29-31(38)36(16-13-32(29,4)34-27)18-17-35-14-5-6-15-35/h7-12,19,29,34H,5-6,13-18H2,1-4H3,(H,33,37)/b25-19-. The van der Waals surface area contributed by atoms with Crippen molar-refractivity contribution in [3.8, 4) is 11.1 Å². The molecule has 0 radical (unpaired) electrons. The number of carbonyl (C=O) groups is 2. The molecule has 2 saturated heterocycles. The lowest BCUT2D eigenvalue weighted by molar-refractivity contribution is -0.140. The van der Waals surface area contributed by atoms with Crippen molar-refractivity contribution in [3.05, 3.63) is 70.4 Å². The number of likely N-dealkylation sites (tertiary alicyclic amines) is 2. The van der Waals surface area contributed by atoms with E-state index in [2.05, 4.69) is 72.4 Å². The van der Waals surface area contributed by atoms with Crippen molar-refractivity contribution in [2.45, 2.75) is 52.5 Å². The van der Waals surface area contributed by atoms with Gasteiger partial charge in [-0.25, -0.2) is 0 Å². The first kappa shape index (κ1) is 24.9. The minimum Gasteiger partial charge on any atom is -0.379 e. The number of hydrogen-bond acceptors (Lipinski definition) is 4. The third-order valence-electron chi connectivity index (χ3n) is 9.27. The number of nitrogens with one attached hydrogen (secondary N) is 2. The van der Waals surface area contributed by atoms with E-state index in [1.807, 2.05) is 18.2 Å². The summed E-state index contributed by atoms with van der Waals surface area (Å²) in [5.74, 6) is -0.0954. The van der Waals surface area contributed by atoms with Crippen LogP contribution >= 0.6 is 0 Å². The fraction of sp³-hybridized carbons (Fsp3) is 0.438. The van der Waals surface area contributed by atoms with Crippen LogP contribution in [0.25, 0.3) is 16.7 Å². The molecule has 2 amide bonds. The maximum absolute atomic E-state index is 13.7. The molecule has 6 rings (SSSR count). The Morgan fingerprint density at radius 3 is 2.50 bits per heavy atom. The number of fused-ring (bicyclic) bond motifs is 2. The molecule has 0 aliphatic carbocycles. The third kappa shape index (κ3) is 4.06. The molecule has 0 bridgehead atoms. The molecule has 2 unspecified atom stereocenters. The van der Waals surface area contributed by atoms with Gasteiger partial charge in [0.2, 0.25) is 5.91 Å². The maximum Gasteiger partial charge on any atom is 0.256 e. The summed E-state index contributed by atoms with van der Waals surface area (Å²) < 4.78 is 0. The molecule has 4 heterocycles. The van der Waals surface area contributed by atoms with Crippen molar-refractivity contribution < 1.29 is 9.59 Å². The molecule has 4 aliphatic heterocycles. The minimum atomic E-state index is -0.331. The van der Waals surface area contributed by atoms with E-state index in [4.69, 9.17) is 0 Å². The molecule has 6 heteroatoms. The van der Waals surface area contributed by atoms with E-state index in [1.54, 1.807) is 0 Å². The van der Waals surface area contributed by atoms with Crippen LogP contribution in [0.2, 0.25) is 0 Å². The lowest BCUT2D eigenvalue weighted by atomic mass is 9.77. The van der Waals surface area contributed by atoms with E-state index in [-0.39, 0.29) is 23.3 Å². The van der Waals surface area contributed by atoms with Gasteiger partial charge in [0.15, 0.2) is 0 Å². The van der Waals surface area contributed by atoms with E-state index in [1.165, 1.54) is 24.0 Å². The van der Waals surface area contributed by atoms with E-state index in [9.17, 15) is 9.59 Å². The molecule has 2 aromatic rings. The van der Waals surface area contributed by atoms with Gasteiger partial charge in [0, 0.05) is 36.6 Å². The summed E-state index contributed by atoms with van der Waals surface area (Å²) in [7, 11) is 0. The summed E-state index contributed by atoms with van der Waals surface area (Å²) in [5, 5.41) is 6.77. The number of anilines is 1. The highest BCUT2D eigenvalue weighted by atomic mass is 16.2. The smallest absolute Gasteiger partial charge is 0.256 e. The van der Waals surface area contributed by atoms with Gasteiger partial charge in [-0.15, -0.1) is 0 Å². The van der Waals surface area contributed by atoms with Crippen LogP contribution in [0.15, 0.2) is 53.7 Å². The fourth-order valence-electron chi connectivity index (χ4n) is 6.88. The predicted octanol–water partition coefficient (Wildman–Crippen LogP) is 4.89. The molecule has 2 atom stereocenters. The molecule has 2 N–H and O–H groups in total. The van der Waals surface area contributed by atoms with Gasteiger partial charge in [-0.05, 0) is 100 Å². The van der Waals surface area contributed by atoms with E-state index in [0.717, 1.165) is 72.8 Å². The number of hydrogen-bond donors (Lipinski definition) is 2. The summed E-state index contributed by atoms with van der Waals surface area (Å²) in [4.78, 5) is 31.5. The zero-order valence-electron chi connectivity index (χ0n) is 23.0. The molecule has 38 heavy (non-hydrogen) atoms. The zero-order valence-corrected chi connectivity index (χ0v) is 23.0. The number of carbonyl (C=O) groups excluding carboxylic acids is 2. The Hall–Kier alpha value is -3.38. The molecule has 0 saturated carbocycles. The van der Waals surface area contributed by atoms with Gasteiger partial charge in [-0.1, -0.05) is 30.3 Å². The van der Waals surface area contributed by atoms with Gasteiger partial charge in [-0.2, -0.15) is 0 Å². The minimum absolute atomic E-state index is 0.0987. The predicted molar refractivity (Wildman–Crippen MR) is 153 cm³/mol. The van der Waals surface area contributed by atoms with Crippen LogP contribution in [0.3, 0.4) is 0 Å². The van der Waals surface area contributed by atoms with E-state index >= 15 is 0 Å². The first-order valence-electron chi connectivity index (χ1n) is 14.0. The molecule has 2 aromatic carbocycles. The van der Waals surface area contributed by atoms with Crippen molar-refractivity contribution in [3.63, 3.8) is 0 Å². The van der Waals surface area contributed by atoms with Gasteiger partial charge in [0.1, 0.15) is 0 Å². The van der Waals surface area contributed by atoms with Gasteiger partial charge in [-0.3, -0.25) is 9.59 Å². The summed E-state index contributed by atoms with van der Waals surface area (Å²) in [6.45, 7) is 13.3. The Morgan fingerprint density at radius 2 is 1.71 bits per heavy atom. The third-order valence-corrected chi connectivity index (χ3v) is 9.27. The molecule has 0 aromatic heterocycles. The van der Waals surface area contributed by atoms with Gasteiger partial charge in [0.05, 0.1) is 17.0 Å². The Balaban J connectivity index is 1.34. The Labute approximate surface area is 225 Å². The lowest BCUT2D eigenvalue weighted by Gasteiger charge is -2.42. The Bertz CT molecular complexity index is 1380. The molecule has 0 spiro atoms. The van der Waals surface area contributed by atoms with Crippen molar-refractivity contribution in [1.29, 1.82) is 0 Å². The quantitative estimate of drug-likeness (QED) is 0.563. The van der Waals surface area contributed by atoms with Crippen LogP contribution < -0.4 is 10.6 Å². The number of benzene rings is 2. The molecule has 198 valence electrons. The summed E-state index contributed by atoms with van der Waals surface area (Å²) >= 11 is 0. The van der Waals surface area contributed by atoms with Crippen molar-refractivity contribution in [2.75, 3.05) is 38.0 Å². The first-order chi connectivity index (χ1) is 18.3. The highest BCUT2D eigenvalue weighted by molar-refractivity contribution is 6.33. The van der Waals surface area contributed by atoms with Gasteiger partial charge in [0.25, 0.3) is 5.91 Å². The summed E-state index contributed by atoms with van der Waals surface area (Å²) in [6.07, 6.45) is 5.40. The van der Waals surface area contributed by atoms with Crippen LogP contribution in [0, 0.1) is 19.8 Å². The monoisotopic (exact) mass is 510 g/mol. The molecular weight excluding hydrogens is 472 g/mol. The van der Waals surface area contributed by atoms with Crippen LogP contribution in [-0.4, -0.2) is 59.9 Å². The molecular formula is C32H38N4O2. The largest absolute Gasteiger partial charge is 0.379 e. The van der Waals surface area contributed by atoms with Crippen LogP contribution in [-0.2, 0) is 9.59 Å². The summed E-state index contributed by atoms with van der Waals surface area (Å²) in [6, 6.07) is 12.4. The second kappa shape index (κ2) is 9.42. The number of rotatable bonds is 5. The summed E-state index contributed by atoms with van der Waals surface area (Å²) in [5.41, 5.74) is 8.66. The Morgan fingerprint density at radius 1 is 0.974 bits per heavy atom. The number of piperidine rings is 1. The molecule has 6 nitrogen and oxygen atoms in total. The normalized spacial score (nSPS) is 26.2. The van der Waals surface area contributed by atoms with Crippen LogP contribution in [0.4, 0.5) is 5.69 Å². The average Bonchev–Trinajstić information content (AvgIpc) is 3.58. The highest BCUT2D eigenvalue weighted by Crippen LogP contribution is 2.45. The highest BCUT2D eigenvalue weighted by Gasteiger charge is 2.50. The average molecular weight is 511 g/mol. The maximum atomic E-state index is 13.7. The second-order valence-corrected chi connectivity index (χ2v) is 11.7. The SMILES string of the molecule is CC1=C(/C=C2\C(=O)Nc3cccc(-c4cccc(C)c4C)c32)NC2(C)CCN(CCN3CCCC3)C(=O)C12. The van der Waals surface area contributed by atoms with Crippen molar-refractivity contribution >= 4 is 23.1 Å². The van der Waals surface area contributed by atoms with Crippen LogP contribution in [0.5, 0.6) is 0 Å². The zero-order chi connectivity index (χ0) is 26.6. The fourth-order valence-corrected chi connectivity index (χ4v) is 6.88. The molecule has 2 fully saturated rings. The number of allylic oxidation sites excluding steroid dienone is 1. The van der Waals surface area contributed by atoms with Crippen molar-refractivity contribution in [2.24, 2.45) is 5.92 Å². The Kier molecular flexibility index (Phi) is 6.18. The van der Waals surface area contributed by atoms with Gasteiger partial charge < -0.3 is 20.4 Å². The number of amides is 2. The van der Waals surface area contributed by atoms with Gasteiger partial charge >= 0.3 is 0 Å². The molecule has 4 aliphatic rings. The van der Waals surface area contributed by atoms with Crippen molar-refractivity contribution in [1.82, 2.24) is 15.1 Å².